The molecule has 1 aromatic rings. The van der Waals surface area contributed by atoms with Gasteiger partial charge in [0.25, 0.3) is 11.8 Å². The number of hydrogen-bond donors (Lipinski definition) is 2. The van der Waals surface area contributed by atoms with E-state index >= 15 is 0 Å². The van der Waals surface area contributed by atoms with Crippen LogP contribution in [0.3, 0.4) is 0 Å². The van der Waals surface area contributed by atoms with Crippen LogP contribution in [0.1, 0.15) is 22.1 Å². The molecule has 0 fully saturated rings. The molecule has 0 aliphatic carbocycles. The summed E-state index contributed by atoms with van der Waals surface area (Å²) < 4.78 is 0. The molecule has 0 aromatic heterocycles. The fourth-order valence-electron chi connectivity index (χ4n) is 2.44. The van der Waals surface area contributed by atoms with Gasteiger partial charge in [-0.3, -0.25) is 19.4 Å². The Morgan fingerprint density at radius 1 is 1.10 bits per heavy atom. The van der Waals surface area contributed by atoms with Crippen LogP contribution >= 0.6 is 27.5 Å². The summed E-state index contributed by atoms with van der Waals surface area (Å²) in [4.78, 5) is 26.4. The molecule has 4 rings (SSSR count). The smallest absolute Gasteiger partial charge is 1.00 e. The van der Waals surface area contributed by atoms with E-state index in [1.54, 1.807) is 30.3 Å². The number of benzene rings is 1. The molecule has 164 valence electrons. The van der Waals surface area contributed by atoms with Gasteiger partial charge in [-0.15, -0.1) is 11.6 Å². The van der Waals surface area contributed by atoms with E-state index in [4.69, 9.17) is 22.6 Å². The Labute approximate surface area is 221 Å². The zero-order valence-electron chi connectivity index (χ0n) is 18.1. The van der Waals surface area contributed by atoms with Gasteiger partial charge in [0.05, 0.1) is 22.7 Å². The van der Waals surface area contributed by atoms with Crippen molar-refractivity contribution >= 4 is 56.7 Å². The van der Waals surface area contributed by atoms with E-state index in [-0.39, 0.29) is 60.8 Å². The molecule has 0 atom stereocenters. The summed E-state index contributed by atoms with van der Waals surface area (Å²) in [6.07, 6.45) is 8.51. The van der Waals surface area contributed by atoms with Gasteiger partial charge in [0.2, 0.25) is 0 Å². The Bertz CT molecular complexity index is 734. The van der Waals surface area contributed by atoms with Crippen molar-refractivity contribution in [2.24, 2.45) is 5.73 Å². The largest absolute Gasteiger partial charge is 1.00 e. The molecule has 0 spiro atoms. The fourth-order valence-corrected chi connectivity index (χ4v) is 2.89. The van der Waals surface area contributed by atoms with Crippen molar-refractivity contribution in [3.63, 3.8) is 0 Å². The molecule has 3 aliphatic heterocycles. The van der Waals surface area contributed by atoms with Crippen LogP contribution in [0.5, 0.6) is 0 Å². The maximum absolute atomic E-state index is 11.5. The predicted molar refractivity (Wildman–Crippen MR) is 130 cm³/mol. The standard InChI is InChI=1S/C9H6BrNO2.C5H10N2.C4H7N.C2H2ClN.Al.Li.4H/c10-5-11-8(12)6-3-1-2-4-7(6)9(11)13;6-5-7-3-1-2-4-7;1-2-4-5-3-1;3-1-2-4;;;;;;/h1-4H,5H2;1-2H,3-6H2;1-2,5H,3-4H2;1H2;;;;;;/q;;;;;+1;;;;-1. The molecule has 0 saturated carbocycles. The summed E-state index contributed by atoms with van der Waals surface area (Å²) in [6, 6.07) is 8.53. The number of alkyl halides is 2. The molecular formula is C20H29AlBrClLiN5O2. The van der Waals surface area contributed by atoms with Gasteiger partial charge in [-0.05, 0) is 12.1 Å². The molecule has 31 heavy (non-hydrogen) atoms. The van der Waals surface area contributed by atoms with Crippen molar-refractivity contribution in [1.82, 2.24) is 15.1 Å². The number of amides is 2. The summed E-state index contributed by atoms with van der Waals surface area (Å²) in [7, 11) is 0. The normalized spacial score (nSPS) is 15.1. The maximum Gasteiger partial charge on any atom is 1.00 e. The monoisotopic (exact) mass is 519 g/mol. The second-order valence-electron chi connectivity index (χ2n) is 5.81. The third kappa shape index (κ3) is 11.5. The van der Waals surface area contributed by atoms with E-state index in [2.05, 4.69) is 50.5 Å². The van der Waals surface area contributed by atoms with Crippen molar-refractivity contribution in [3.05, 3.63) is 59.7 Å². The van der Waals surface area contributed by atoms with Crippen LogP contribution in [0.15, 0.2) is 48.6 Å². The minimum atomic E-state index is -0.225. The van der Waals surface area contributed by atoms with E-state index in [0.717, 1.165) is 26.2 Å². The Morgan fingerprint density at radius 3 is 1.81 bits per heavy atom. The molecule has 3 aliphatic rings. The quantitative estimate of drug-likeness (QED) is 0.157. The third-order valence-electron chi connectivity index (χ3n) is 3.90. The second-order valence-corrected chi connectivity index (χ2v) is 6.58. The first-order valence-electron chi connectivity index (χ1n) is 8.97. The molecule has 1 aromatic carbocycles. The van der Waals surface area contributed by atoms with Crippen molar-refractivity contribution in [2.75, 3.05) is 44.2 Å². The molecule has 0 radical (unpaired) electrons. The topological polar surface area (TPSA) is 102 Å². The van der Waals surface area contributed by atoms with E-state index in [0.29, 0.717) is 17.8 Å². The van der Waals surface area contributed by atoms with E-state index in [1.165, 1.54) is 4.90 Å². The van der Waals surface area contributed by atoms with Crippen LogP contribution in [-0.2, 0) is 0 Å². The van der Waals surface area contributed by atoms with Gasteiger partial charge in [-0.1, -0.05) is 52.4 Å². The number of nitrogens with zero attached hydrogens (tertiary/aromatic N) is 3. The predicted octanol–water partition coefficient (Wildman–Crippen LogP) is -1.76. The summed E-state index contributed by atoms with van der Waals surface area (Å²) in [5, 5.41) is 10.6. The summed E-state index contributed by atoms with van der Waals surface area (Å²) in [5.74, 6) is -0.352. The zero-order chi connectivity index (χ0) is 21.5. The molecule has 0 unspecified atom stereocenters. The van der Waals surface area contributed by atoms with Crippen LogP contribution < -0.4 is 29.9 Å². The zero-order valence-corrected chi connectivity index (χ0v) is 19.4. The average Bonchev–Trinajstić information content (AvgIpc) is 3.54. The molecule has 0 bridgehead atoms. The molecule has 11 heteroatoms. The van der Waals surface area contributed by atoms with Gasteiger partial charge >= 0.3 is 18.9 Å². The number of rotatable bonds is 2. The number of carbonyl (C=O) groups is 2. The minimum Gasteiger partial charge on any atom is -1.00 e. The van der Waals surface area contributed by atoms with Crippen LogP contribution in [-0.4, -0.2) is 83.2 Å². The summed E-state index contributed by atoms with van der Waals surface area (Å²) in [5.41, 5.74) is 6.55. The van der Waals surface area contributed by atoms with Gasteiger partial charge in [-0.2, -0.15) is 5.26 Å². The Hall–Kier alpha value is -0.890. The number of carbonyl (C=O) groups excluding carboxylic acids is 2. The van der Waals surface area contributed by atoms with Gasteiger partial charge in [-0.25, -0.2) is 0 Å². The Morgan fingerprint density at radius 2 is 1.55 bits per heavy atom. The van der Waals surface area contributed by atoms with Gasteiger partial charge in [0.15, 0.2) is 17.4 Å². The summed E-state index contributed by atoms with van der Waals surface area (Å²) >= 11 is 7.93. The van der Waals surface area contributed by atoms with E-state index in [1.807, 2.05) is 0 Å². The minimum absolute atomic E-state index is 0. The maximum atomic E-state index is 11.5. The number of nitrogens with two attached hydrogens (primary N) is 1. The number of halogens is 2. The van der Waals surface area contributed by atoms with Crippen molar-refractivity contribution in [2.45, 2.75) is 0 Å². The number of nitrogens with one attached hydrogen (secondary N) is 1. The first-order valence-corrected chi connectivity index (χ1v) is 10.6. The molecule has 7 nitrogen and oxygen atoms in total. The van der Waals surface area contributed by atoms with Crippen LogP contribution in [0.4, 0.5) is 0 Å². The van der Waals surface area contributed by atoms with E-state index < -0.39 is 0 Å². The number of imide groups is 1. The number of fused-ring (bicyclic) bond motifs is 1. The molecule has 0 saturated heterocycles. The third-order valence-corrected chi connectivity index (χ3v) is 4.52. The SMILES string of the molecule is C1=CCNC1.N#CCCl.NCN1CC=CC1.O=C1c2ccccc2C(=O)N1CBr.[AlH3].[H-].[Li+]. The Kier molecular flexibility index (Phi) is 20.6. The second kappa shape index (κ2) is 19.8. The van der Waals surface area contributed by atoms with Gasteiger partial charge in [0.1, 0.15) is 5.88 Å². The van der Waals surface area contributed by atoms with Crippen LogP contribution in [0, 0.1) is 11.3 Å². The molecule has 3 heterocycles. The summed E-state index contributed by atoms with van der Waals surface area (Å²) in [6.45, 7) is 4.90. The van der Waals surface area contributed by atoms with Crippen LogP contribution in [0.25, 0.3) is 0 Å². The van der Waals surface area contributed by atoms with Gasteiger partial charge in [0, 0.05) is 32.8 Å². The fraction of sp³-hybridized carbons (Fsp3) is 0.350. The van der Waals surface area contributed by atoms with Crippen molar-refractivity contribution in [1.29, 1.82) is 5.26 Å². The van der Waals surface area contributed by atoms with Crippen molar-refractivity contribution in [3.8, 4) is 6.07 Å². The van der Waals surface area contributed by atoms with Crippen molar-refractivity contribution < 1.29 is 29.9 Å². The molecule has 3 N–H and O–H groups in total. The molecule has 2 amide bonds. The van der Waals surface area contributed by atoms with Crippen LogP contribution in [0.2, 0.25) is 0 Å². The first-order chi connectivity index (χ1) is 14.1. The van der Waals surface area contributed by atoms with E-state index in [9.17, 15) is 9.59 Å². The first kappa shape index (κ1) is 32.3. The Balaban J connectivity index is -0.000000380. The number of hydrogen-bond acceptors (Lipinski definition) is 6. The average molecular weight is 521 g/mol. The van der Waals surface area contributed by atoms with Gasteiger partial charge < -0.3 is 12.5 Å². The molecular weight excluding hydrogens is 492 g/mol. The number of nitriles is 1.